The summed E-state index contributed by atoms with van der Waals surface area (Å²) in [4.78, 5) is 44.8. The van der Waals surface area contributed by atoms with Crippen LogP contribution in [-0.4, -0.2) is 63.7 Å². The van der Waals surface area contributed by atoms with E-state index in [4.69, 9.17) is 0 Å². The molecule has 1 unspecified atom stereocenters. The Morgan fingerprint density at radius 1 is 0.712 bits per heavy atom. The number of carbonyl (C=O) groups excluding carboxylic acids is 3. The summed E-state index contributed by atoms with van der Waals surface area (Å²) in [6.07, 6.45) is 9.02. The molecule has 0 saturated heterocycles. The molecule has 4 saturated carbocycles. The zero-order valence-electron chi connectivity index (χ0n) is 34.6. The van der Waals surface area contributed by atoms with Crippen LogP contribution in [0, 0.1) is 23.2 Å². The van der Waals surface area contributed by atoms with Crippen molar-refractivity contribution in [2.45, 2.75) is 107 Å². The lowest BCUT2D eigenvalue weighted by molar-refractivity contribution is -0.117. The molecule has 0 aliphatic heterocycles. The first-order chi connectivity index (χ1) is 27.6. The zero-order valence-corrected chi connectivity index (χ0v) is 36.2. The molecule has 3 aromatic carbocycles. The van der Waals surface area contributed by atoms with Crippen molar-refractivity contribution in [3.63, 3.8) is 0 Å². The van der Waals surface area contributed by atoms with Crippen LogP contribution in [0.3, 0.4) is 0 Å². The summed E-state index contributed by atoms with van der Waals surface area (Å²) in [5, 5.41) is 9.57. The predicted octanol–water partition coefficient (Wildman–Crippen LogP) is 6.42. The van der Waals surface area contributed by atoms with Gasteiger partial charge in [0.25, 0.3) is 11.8 Å². The van der Waals surface area contributed by atoms with Crippen LogP contribution < -0.4 is 25.4 Å². The molecule has 59 heavy (non-hydrogen) atoms. The maximum atomic E-state index is 14.2. The standard InChI is InChI=1S/C44H56N6O7S2/c1-42(2,3)49-58(54,55)33-18-32(19-34(20-33)59(56,57)50-43(4,5)6)48-41(53)37(30-10-8-7-9-11-30)25-46-39(51)35-17-31-12-13-45-38(31)21-36(35)40(52)47-26-44-22-27-14-28(23-44)16-29(15-27)24-44/h7-13,17-21,27-29,37,45,49-50H,14-16,22-26H2,1-6H3,(H,46,51)(H,47,52)(H,48,53). The van der Waals surface area contributed by atoms with Crippen LogP contribution in [0.4, 0.5) is 5.69 Å². The van der Waals surface area contributed by atoms with Crippen LogP contribution in [0.5, 0.6) is 0 Å². The first-order valence-electron chi connectivity index (χ1n) is 20.3. The number of hydrogen-bond donors (Lipinski definition) is 6. The van der Waals surface area contributed by atoms with Crippen molar-refractivity contribution in [3.8, 4) is 0 Å². The number of H-pyrrole nitrogens is 1. The van der Waals surface area contributed by atoms with E-state index in [-0.39, 0.29) is 44.5 Å². The van der Waals surface area contributed by atoms with E-state index in [0.717, 1.165) is 48.5 Å². The predicted molar refractivity (Wildman–Crippen MR) is 228 cm³/mol. The van der Waals surface area contributed by atoms with Crippen molar-refractivity contribution < 1.29 is 31.2 Å². The van der Waals surface area contributed by atoms with Crippen LogP contribution in [0.2, 0.25) is 0 Å². The number of fused-ring (bicyclic) bond motifs is 1. The van der Waals surface area contributed by atoms with Crippen molar-refractivity contribution in [2.24, 2.45) is 23.2 Å². The van der Waals surface area contributed by atoms with Gasteiger partial charge in [-0.3, -0.25) is 14.4 Å². The van der Waals surface area contributed by atoms with Gasteiger partial charge in [0.15, 0.2) is 0 Å². The number of carbonyl (C=O) groups is 3. The SMILES string of the molecule is CC(C)(C)NS(=O)(=O)c1cc(NC(=O)C(CNC(=O)c2cc3cc[nH]c3cc2C(=O)NCC23CC4CC(CC(C4)C2)C3)c2ccccc2)cc(S(=O)(=O)NC(C)(C)C)c1. The molecule has 1 heterocycles. The van der Waals surface area contributed by atoms with E-state index in [1.807, 2.05) is 6.07 Å². The summed E-state index contributed by atoms with van der Waals surface area (Å²) in [6.45, 7) is 10.3. The van der Waals surface area contributed by atoms with Gasteiger partial charge in [0, 0.05) is 47.0 Å². The summed E-state index contributed by atoms with van der Waals surface area (Å²) < 4.78 is 59.2. The average molecular weight is 845 g/mol. The molecule has 0 spiro atoms. The molecule has 4 aliphatic rings. The highest BCUT2D eigenvalue weighted by atomic mass is 32.2. The fraction of sp³-hybridized carbons (Fsp3) is 0.477. The summed E-state index contributed by atoms with van der Waals surface area (Å²) in [5.74, 6) is -0.332. The Balaban J connectivity index is 1.14. The highest BCUT2D eigenvalue weighted by Gasteiger charge is 2.50. The average Bonchev–Trinajstić information content (AvgIpc) is 3.59. The summed E-state index contributed by atoms with van der Waals surface area (Å²) in [6, 6.07) is 17.4. The Labute approximate surface area is 347 Å². The van der Waals surface area contributed by atoms with E-state index < -0.39 is 48.9 Å². The molecule has 4 aromatic rings. The molecule has 4 fully saturated rings. The number of anilines is 1. The Kier molecular flexibility index (Phi) is 11.4. The zero-order chi connectivity index (χ0) is 42.5. The van der Waals surface area contributed by atoms with Crippen molar-refractivity contribution in [1.82, 2.24) is 25.1 Å². The summed E-state index contributed by atoms with van der Waals surface area (Å²) in [7, 11) is -8.50. The van der Waals surface area contributed by atoms with Gasteiger partial charge in [-0.1, -0.05) is 30.3 Å². The smallest absolute Gasteiger partial charge is 0.252 e. The number of benzene rings is 3. The number of amides is 3. The third-order valence-electron chi connectivity index (χ3n) is 11.6. The quantitative estimate of drug-likeness (QED) is 0.0894. The van der Waals surface area contributed by atoms with Gasteiger partial charge in [0.1, 0.15) is 0 Å². The normalized spacial score (nSPS) is 22.2. The number of aromatic amines is 1. The van der Waals surface area contributed by atoms with E-state index in [9.17, 15) is 31.2 Å². The van der Waals surface area contributed by atoms with Crippen LogP contribution in [0.25, 0.3) is 10.9 Å². The Bertz CT molecular complexity index is 2390. The topological polar surface area (TPSA) is 195 Å². The van der Waals surface area contributed by atoms with Crippen LogP contribution in [-0.2, 0) is 24.8 Å². The van der Waals surface area contributed by atoms with Crippen molar-refractivity contribution in [2.75, 3.05) is 18.4 Å². The number of rotatable bonds is 13. The molecule has 6 N–H and O–H groups in total. The first kappa shape index (κ1) is 42.6. The monoisotopic (exact) mass is 844 g/mol. The van der Waals surface area contributed by atoms with Gasteiger partial charge in [-0.15, -0.1) is 0 Å². The van der Waals surface area contributed by atoms with Crippen molar-refractivity contribution in [1.29, 1.82) is 0 Å². The number of sulfonamides is 2. The van der Waals surface area contributed by atoms with Gasteiger partial charge < -0.3 is 20.9 Å². The second-order valence-electron chi connectivity index (χ2n) is 19.1. The molecule has 15 heteroatoms. The minimum absolute atomic E-state index is 0.0794. The molecule has 8 rings (SSSR count). The lowest BCUT2D eigenvalue weighted by Crippen LogP contribution is -2.51. The molecular formula is C44H56N6O7S2. The first-order valence-corrected chi connectivity index (χ1v) is 23.3. The van der Waals surface area contributed by atoms with Gasteiger partial charge in [-0.05, 0) is 145 Å². The Morgan fingerprint density at radius 3 is 1.78 bits per heavy atom. The molecule has 316 valence electrons. The Morgan fingerprint density at radius 2 is 1.24 bits per heavy atom. The number of hydrogen-bond acceptors (Lipinski definition) is 7. The minimum atomic E-state index is -4.25. The molecule has 13 nitrogen and oxygen atoms in total. The summed E-state index contributed by atoms with van der Waals surface area (Å²) >= 11 is 0. The maximum Gasteiger partial charge on any atom is 0.252 e. The molecule has 4 bridgehead atoms. The molecule has 1 atom stereocenters. The molecular weight excluding hydrogens is 789 g/mol. The molecule has 0 radical (unpaired) electrons. The van der Waals surface area contributed by atoms with Crippen LogP contribution in [0.15, 0.2) is 82.7 Å². The van der Waals surface area contributed by atoms with Crippen LogP contribution in [0.1, 0.15) is 112 Å². The van der Waals surface area contributed by atoms with Gasteiger partial charge >= 0.3 is 0 Å². The van der Waals surface area contributed by atoms with Gasteiger partial charge in [0.05, 0.1) is 26.8 Å². The van der Waals surface area contributed by atoms with E-state index in [0.29, 0.717) is 17.6 Å². The summed E-state index contributed by atoms with van der Waals surface area (Å²) in [5.41, 5.74) is -0.120. The van der Waals surface area contributed by atoms with E-state index >= 15 is 0 Å². The number of aromatic nitrogens is 1. The number of nitrogens with one attached hydrogen (secondary N) is 6. The second kappa shape index (κ2) is 15.8. The lowest BCUT2D eigenvalue weighted by Gasteiger charge is -2.56. The van der Waals surface area contributed by atoms with E-state index in [2.05, 4.69) is 30.4 Å². The van der Waals surface area contributed by atoms with Gasteiger partial charge in [-0.25, -0.2) is 26.3 Å². The fourth-order valence-corrected chi connectivity index (χ4v) is 12.8. The maximum absolute atomic E-state index is 14.2. The lowest BCUT2D eigenvalue weighted by atomic mass is 9.49. The van der Waals surface area contributed by atoms with E-state index in [1.54, 1.807) is 90.2 Å². The van der Waals surface area contributed by atoms with Crippen LogP contribution >= 0.6 is 0 Å². The minimum Gasteiger partial charge on any atom is -0.361 e. The molecule has 1 aromatic heterocycles. The van der Waals surface area contributed by atoms with Gasteiger partial charge in [-0.2, -0.15) is 0 Å². The van der Waals surface area contributed by atoms with Crippen molar-refractivity contribution >= 4 is 54.4 Å². The highest BCUT2D eigenvalue weighted by Crippen LogP contribution is 2.59. The third-order valence-corrected chi connectivity index (χ3v) is 15.1. The second-order valence-corrected chi connectivity index (χ2v) is 22.5. The molecule has 4 aliphatic carbocycles. The van der Waals surface area contributed by atoms with E-state index in [1.165, 1.54) is 31.4 Å². The molecule has 3 amide bonds. The fourth-order valence-electron chi connectivity index (χ4n) is 9.79. The van der Waals surface area contributed by atoms with Gasteiger partial charge in [0.2, 0.25) is 26.0 Å². The largest absolute Gasteiger partial charge is 0.361 e. The highest BCUT2D eigenvalue weighted by molar-refractivity contribution is 7.90. The Hall–Kier alpha value is -4.57. The third kappa shape index (κ3) is 9.91. The van der Waals surface area contributed by atoms with Crippen molar-refractivity contribution in [3.05, 3.63) is 89.6 Å².